The fourth-order valence-corrected chi connectivity index (χ4v) is 3.92. The SMILES string of the molecule is S=C=NC1(N=C=S)C=CC(SSc2ccccc2)=CC1. The van der Waals surface area contributed by atoms with Gasteiger partial charge < -0.3 is 0 Å². The first kappa shape index (κ1) is 15.4. The number of thiocarbonyl (C=S) groups is 2. The number of aliphatic imine (C=N–C) groups is 2. The highest BCUT2D eigenvalue weighted by molar-refractivity contribution is 8.78. The Morgan fingerprint density at radius 2 is 1.75 bits per heavy atom. The highest BCUT2D eigenvalue weighted by Gasteiger charge is 2.26. The topological polar surface area (TPSA) is 24.7 Å². The molecule has 1 aliphatic carbocycles. The van der Waals surface area contributed by atoms with Crippen LogP contribution in [0.1, 0.15) is 6.42 Å². The summed E-state index contributed by atoms with van der Waals surface area (Å²) in [4.78, 5) is 10.5. The van der Waals surface area contributed by atoms with Crippen LogP contribution in [-0.4, -0.2) is 16.0 Å². The lowest BCUT2D eigenvalue weighted by Crippen LogP contribution is -2.21. The van der Waals surface area contributed by atoms with Gasteiger partial charge in [0.25, 0.3) is 0 Å². The Bertz CT molecular complexity index is 606. The minimum Gasteiger partial charge on any atom is -0.196 e. The van der Waals surface area contributed by atoms with E-state index in [1.807, 2.05) is 30.4 Å². The van der Waals surface area contributed by atoms with Gasteiger partial charge in [-0.25, -0.2) is 0 Å². The van der Waals surface area contributed by atoms with E-state index in [-0.39, 0.29) is 0 Å². The molecule has 2 nitrogen and oxygen atoms in total. The van der Waals surface area contributed by atoms with Gasteiger partial charge in [0, 0.05) is 16.2 Å². The van der Waals surface area contributed by atoms with Crippen LogP contribution in [0.15, 0.2) is 68.3 Å². The Morgan fingerprint density at radius 1 is 1.05 bits per heavy atom. The molecule has 6 heteroatoms. The summed E-state index contributed by atoms with van der Waals surface area (Å²) in [7, 11) is 3.42. The van der Waals surface area contributed by atoms with E-state index in [0.717, 1.165) is 4.91 Å². The van der Waals surface area contributed by atoms with E-state index in [0.29, 0.717) is 6.42 Å². The molecule has 0 aliphatic heterocycles. The summed E-state index contributed by atoms with van der Waals surface area (Å²) in [5.74, 6) is 0. The summed E-state index contributed by atoms with van der Waals surface area (Å²) in [6.07, 6.45) is 6.57. The van der Waals surface area contributed by atoms with Crippen molar-refractivity contribution in [3.63, 3.8) is 0 Å². The highest BCUT2D eigenvalue weighted by Crippen LogP contribution is 2.40. The van der Waals surface area contributed by atoms with Gasteiger partial charge in [0.05, 0.1) is 10.3 Å². The van der Waals surface area contributed by atoms with Crippen molar-refractivity contribution in [1.82, 2.24) is 0 Å². The van der Waals surface area contributed by atoms with E-state index in [1.54, 1.807) is 21.6 Å². The summed E-state index contributed by atoms with van der Waals surface area (Å²) in [5, 5.41) is 4.74. The van der Waals surface area contributed by atoms with E-state index >= 15 is 0 Å². The Morgan fingerprint density at radius 3 is 2.30 bits per heavy atom. The maximum atomic E-state index is 4.66. The highest BCUT2D eigenvalue weighted by atomic mass is 33.1. The largest absolute Gasteiger partial charge is 0.196 e. The zero-order valence-corrected chi connectivity index (χ0v) is 13.6. The molecule has 0 saturated carbocycles. The predicted octanol–water partition coefficient (Wildman–Crippen LogP) is 5.17. The minimum absolute atomic E-state index is 0.620. The average Bonchev–Trinajstić information content (AvgIpc) is 2.48. The van der Waals surface area contributed by atoms with Gasteiger partial charge in [-0.1, -0.05) is 45.9 Å². The number of allylic oxidation sites excluding steroid dienone is 1. The fraction of sp³-hybridized carbons (Fsp3) is 0.143. The van der Waals surface area contributed by atoms with Gasteiger partial charge in [-0.3, -0.25) is 0 Å². The number of isothiocyanates is 2. The number of rotatable bonds is 5. The minimum atomic E-state index is -0.745. The zero-order chi connectivity index (χ0) is 14.3. The molecule has 0 spiro atoms. The fourth-order valence-electron chi connectivity index (χ4n) is 1.59. The van der Waals surface area contributed by atoms with Gasteiger partial charge in [-0.05, 0) is 48.7 Å². The summed E-state index contributed by atoms with van der Waals surface area (Å²) in [5.41, 5.74) is -0.745. The Labute approximate surface area is 136 Å². The number of benzene rings is 1. The summed E-state index contributed by atoms with van der Waals surface area (Å²) in [6, 6.07) is 10.2. The third-order valence-electron chi connectivity index (χ3n) is 2.57. The Hall–Kier alpha value is -1.00. The molecule has 0 N–H and O–H groups in total. The van der Waals surface area contributed by atoms with Gasteiger partial charge >= 0.3 is 0 Å². The molecule has 0 atom stereocenters. The van der Waals surface area contributed by atoms with Gasteiger partial charge in [-0.15, -0.1) is 0 Å². The molecule has 0 saturated heterocycles. The van der Waals surface area contributed by atoms with E-state index in [9.17, 15) is 0 Å². The van der Waals surface area contributed by atoms with Crippen molar-refractivity contribution in [2.75, 3.05) is 0 Å². The summed E-state index contributed by atoms with van der Waals surface area (Å²) in [6.45, 7) is 0. The van der Waals surface area contributed by atoms with Gasteiger partial charge in [0.1, 0.15) is 0 Å². The van der Waals surface area contributed by atoms with Gasteiger partial charge in [0.2, 0.25) is 0 Å². The molecule has 0 fully saturated rings. The predicted molar refractivity (Wildman–Crippen MR) is 94.5 cm³/mol. The third-order valence-corrected chi connectivity index (χ3v) is 5.20. The maximum absolute atomic E-state index is 4.66. The molecule has 0 aromatic heterocycles. The Balaban J connectivity index is 2.01. The lowest BCUT2D eigenvalue weighted by atomic mass is 10.0. The van der Waals surface area contributed by atoms with Crippen molar-refractivity contribution in [3.8, 4) is 0 Å². The molecule has 0 radical (unpaired) electrons. The molecular weight excluding hydrogens is 324 g/mol. The van der Waals surface area contributed by atoms with Gasteiger partial charge in [-0.2, -0.15) is 9.98 Å². The summed E-state index contributed by atoms with van der Waals surface area (Å²) >= 11 is 9.32. The van der Waals surface area contributed by atoms with Crippen LogP contribution in [0.3, 0.4) is 0 Å². The molecule has 2 rings (SSSR count). The van der Waals surface area contributed by atoms with Crippen LogP contribution in [0.2, 0.25) is 0 Å². The van der Waals surface area contributed by atoms with E-state index in [2.05, 4.69) is 63.0 Å². The van der Waals surface area contributed by atoms with Gasteiger partial charge in [0.15, 0.2) is 5.66 Å². The molecule has 1 aliphatic rings. The molecule has 20 heavy (non-hydrogen) atoms. The first-order valence-corrected chi connectivity index (χ1v) is 8.72. The van der Waals surface area contributed by atoms with Crippen molar-refractivity contribution >= 4 is 56.3 Å². The van der Waals surface area contributed by atoms with Crippen molar-refractivity contribution in [1.29, 1.82) is 0 Å². The lowest BCUT2D eigenvalue weighted by Gasteiger charge is -2.20. The normalized spacial score (nSPS) is 20.5. The molecule has 0 amide bonds. The molecule has 0 bridgehead atoms. The van der Waals surface area contributed by atoms with Crippen molar-refractivity contribution in [2.24, 2.45) is 9.98 Å². The van der Waals surface area contributed by atoms with Crippen LogP contribution in [0.5, 0.6) is 0 Å². The average molecular weight is 335 g/mol. The lowest BCUT2D eigenvalue weighted by molar-refractivity contribution is 0.572. The molecular formula is C14H10N2S4. The number of nitrogens with zero attached hydrogens (tertiary/aromatic N) is 2. The Kier molecular flexibility index (Phi) is 5.92. The maximum Gasteiger partial charge on any atom is 0.191 e. The van der Waals surface area contributed by atoms with Crippen molar-refractivity contribution in [3.05, 3.63) is 53.5 Å². The first-order chi connectivity index (χ1) is 9.78. The van der Waals surface area contributed by atoms with Crippen molar-refractivity contribution < 1.29 is 0 Å². The van der Waals surface area contributed by atoms with E-state index < -0.39 is 5.66 Å². The molecule has 0 heterocycles. The molecule has 1 aromatic carbocycles. The van der Waals surface area contributed by atoms with Crippen LogP contribution in [-0.2, 0) is 0 Å². The zero-order valence-electron chi connectivity index (χ0n) is 10.4. The van der Waals surface area contributed by atoms with Crippen LogP contribution >= 0.6 is 46.0 Å². The van der Waals surface area contributed by atoms with Crippen molar-refractivity contribution in [2.45, 2.75) is 17.0 Å². The first-order valence-electron chi connectivity index (χ1n) is 5.75. The number of hydrogen-bond acceptors (Lipinski definition) is 6. The quantitative estimate of drug-likeness (QED) is 0.421. The second-order valence-corrected chi connectivity index (χ2v) is 6.55. The molecule has 0 unspecified atom stereocenters. The van der Waals surface area contributed by atoms with Crippen LogP contribution in [0.4, 0.5) is 0 Å². The smallest absolute Gasteiger partial charge is 0.191 e. The van der Waals surface area contributed by atoms with E-state index in [4.69, 9.17) is 0 Å². The second-order valence-electron chi connectivity index (χ2n) is 3.91. The van der Waals surface area contributed by atoms with E-state index in [1.165, 1.54) is 4.90 Å². The number of hydrogen-bond donors (Lipinski definition) is 0. The van der Waals surface area contributed by atoms with Crippen LogP contribution in [0.25, 0.3) is 0 Å². The summed E-state index contributed by atoms with van der Waals surface area (Å²) < 4.78 is 0. The standard InChI is InChI=1S/C14H10N2S4/c17-10-15-14(16-11-18)8-6-13(7-9-14)20-19-12-4-2-1-3-5-12/h1-8H,9H2. The van der Waals surface area contributed by atoms with Crippen LogP contribution in [0, 0.1) is 0 Å². The molecule has 1 aromatic rings. The van der Waals surface area contributed by atoms with Crippen LogP contribution < -0.4 is 0 Å². The second kappa shape index (κ2) is 7.70. The monoisotopic (exact) mass is 334 g/mol. The molecule has 100 valence electrons. The third kappa shape index (κ3) is 4.25.